The van der Waals surface area contributed by atoms with Gasteiger partial charge in [-0.25, -0.2) is 0 Å². The standard InChI is InChI=1S/C12H24/c1-5-7-8-12(6-2)10-9-11(3)4/h8,11H,5-7,9-10H2,1-4H3. The van der Waals surface area contributed by atoms with E-state index in [0.717, 1.165) is 5.92 Å². The molecule has 0 aromatic heterocycles. The summed E-state index contributed by atoms with van der Waals surface area (Å²) < 4.78 is 0. The van der Waals surface area contributed by atoms with Crippen molar-refractivity contribution in [1.29, 1.82) is 0 Å². The Balaban J connectivity index is 3.66. The van der Waals surface area contributed by atoms with Crippen molar-refractivity contribution in [3.63, 3.8) is 0 Å². The van der Waals surface area contributed by atoms with Crippen molar-refractivity contribution in [2.45, 2.75) is 59.8 Å². The average Bonchev–Trinajstić information content (AvgIpc) is 2.05. The minimum atomic E-state index is 0.849. The maximum Gasteiger partial charge on any atom is -0.0318 e. The lowest BCUT2D eigenvalue weighted by Gasteiger charge is -2.06. The van der Waals surface area contributed by atoms with Crippen LogP contribution in [0, 0.1) is 5.92 Å². The molecule has 0 nitrogen and oxygen atoms in total. The van der Waals surface area contributed by atoms with Gasteiger partial charge in [0.25, 0.3) is 0 Å². The topological polar surface area (TPSA) is 0 Å². The first kappa shape index (κ1) is 11.7. The fraction of sp³-hybridized carbons (Fsp3) is 0.833. The molecule has 12 heavy (non-hydrogen) atoms. The Bertz CT molecular complexity index is 120. The van der Waals surface area contributed by atoms with Gasteiger partial charge in [-0.15, -0.1) is 0 Å². The highest BCUT2D eigenvalue weighted by molar-refractivity contribution is 5.00. The van der Waals surface area contributed by atoms with Crippen LogP contribution in [0.15, 0.2) is 11.6 Å². The van der Waals surface area contributed by atoms with Gasteiger partial charge in [-0.05, 0) is 31.6 Å². The lowest BCUT2D eigenvalue weighted by atomic mass is 10.00. The number of hydrogen-bond donors (Lipinski definition) is 0. The van der Waals surface area contributed by atoms with Crippen molar-refractivity contribution >= 4 is 0 Å². The lowest BCUT2D eigenvalue weighted by Crippen LogP contribution is -1.89. The van der Waals surface area contributed by atoms with Crippen LogP contribution in [0.1, 0.15) is 59.8 Å². The highest BCUT2D eigenvalue weighted by Crippen LogP contribution is 2.15. The smallest absolute Gasteiger partial charge is 0.0318 e. The summed E-state index contributed by atoms with van der Waals surface area (Å²) in [5.74, 6) is 0.849. The first-order chi connectivity index (χ1) is 5.70. The number of hydrogen-bond acceptors (Lipinski definition) is 0. The van der Waals surface area contributed by atoms with Crippen molar-refractivity contribution in [3.05, 3.63) is 11.6 Å². The second kappa shape index (κ2) is 7.39. The first-order valence-corrected chi connectivity index (χ1v) is 5.38. The normalized spacial score (nSPS) is 12.6. The molecular weight excluding hydrogens is 144 g/mol. The molecule has 0 bridgehead atoms. The monoisotopic (exact) mass is 168 g/mol. The van der Waals surface area contributed by atoms with Gasteiger partial charge in [0.15, 0.2) is 0 Å². The number of allylic oxidation sites excluding steroid dienone is 2. The molecule has 0 N–H and O–H groups in total. The second-order valence-electron chi connectivity index (χ2n) is 3.94. The molecule has 72 valence electrons. The van der Waals surface area contributed by atoms with E-state index in [4.69, 9.17) is 0 Å². The molecule has 0 heteroatoms. The summed E-state index contributed by atoms with van der Waals surface area (Å²) in [5, 5.41) is 0. The van der Waals surface area contributed by atoms with Crippen molar-refractivity contribution in [1.82, 2.24) is 0 Å². The van der Waals surface area contributed by atoms with E-state index in [1.54, 1.807) is 5.57 Å². The Labute approximate surface area is 78.1 Å². The Morgan fingerprint density at radius 2 is 1.92 bits per heavy atom. The molecule has 0 fully saturated rings. The summed E-state index contributed by atoms with van der Waals surface area (Å²) in [6, 6.07) is 0. The highest BCUT2D eigenvalue weighted by atomic mass is 14.0. The third-order valence-electron chi connectivity index (χ3n) is 2.22. The Morgan fingerprint density at radius 3 is 2.33 bits per heavy atom. The molecule has 0 aromatic rings. The van der Waals surface area contributed by atoms with Crippen LogP contribution < -0.4 is 0 Å². The SMILES string of the molecule is CCCC=C(CC)CCC(C)C. The molecule has 0 saturated heterocycles. The quantitative estimate of drug-likeness (QED) is 0.510. The van der Waals surface area contributed by atoms with Crippen LogP contribution in [-0.4, -0.2) is 0 Å². The summed E-state index contributed by atoms with van der Waals surface area (Å²) in [5.41, 5.74) is 1.66. The first-order valence-electron chi connectivity index (χ1n) is 5.38. The van der Waals surface area contributed by atoms with Gasteiger partial charge in [0.1, 0.15) is 0 Å². The maximum atomic E-state index is 2.43. The van der Waals surface area contributed by atoms with E-state index in [0.29, 0.717) is 0 Å². The van der Waals surface area contributed by atoms with Gasteiger partial charge in [-0.3, -0.25) is 0 Å². The lowest BCUT2D eigenvalue weighted by molar-refractivity contribution is 0.578. The maximum absolute atomic E-state index is 2.43. The van der Waals surface area contributed by atoms with Crippen molar-refractivity contribution in [3.8, 4) is 0 Å². The second-order valence-corrected chi connectivity index (χ2v) is 3.94. The van der Waals surface area contributed by atoms with E-state index < -0.39 is 0 Å². The fourth-order valence-corrected chi connectivity index (χ4v) is 1.25. The van der Waals surface area contributed by atoms with E-state index in [2.05, 4.69) is 33.8 Å². The zero-order chi connectivity index (χ0) is 9.40. The summed E-state index contributed by atoms with van der Waals surface area (Å²) in [6.45, 7) is 9.11. The molecule has 0 aliphatic rings. The van der Waals surface area contributed by atoms with Crippen LogP contribution in [-0.2, 0) is 0 Å². The molecule has 0 atom stereocenters. The Hall–Kier alpha value is -0.260. The Morgan fingerprint density at radius 1 is 1.25 bits per heavy atom. The predicted octanol–water partition coefficient (Wildman–Crippen LogP) is 4.56. The summed E-state index contributed by atoms with van der Waals surface area (Å²) >= 11 is 0. The third kappa shape index (κ3) is 6.45. The number of unbranched alkanes of at least 4 members (excludes halogenated alkanes) is 1. The largest absolute Gasteiger partial charge is 0.0854 e. The van der Waals surface area contributed by atoms with Gasteiger partial charge < -0.3 is 0 Å². The van der Waals surface area contributed by atoms with E-state index in [-0.39, 0.29) is 0 Å². The van der Waals surface area contributed by atoms with Crippen molar-refractivity contribution in [2.24, 2.45) is 5.92 Å². The van der Waals surface area contributed by atoms with Crippen molar-refractivity contribution < 1.29 is 0 Å². The van der Waals surface area contributed by atoms with Gasteiger partial charge in [0.05, 0.1) is 0 Å². The predicted molar refractivity (Wildman–Crippen MR) is 57.4 cm³/mol. The van der Waals surface area contributed by atoms with Gasteiger partial charge in [-0.2, -0.15) is 0 Å². The van der Waals surface area contributed by atoms with Crippen LogP contribution >= 0.6 is 0 Å². The molecule has 0 amide bonds. The molecule has 0 aliphatic heterocycles. The Kier molecular flexibility index (Phi) is 7.23. The van der Waals surface area contributed by atoms with Crippen LogP contribution in [0.3, 0.4) is 0 Å². The zero-order valence-electron chi connectivity index (χ0n) is 9.19. The molecule has 0 aromatic carbocycles. The van der Waals surface area contributed by atoms with Crippen LogP contribution in [0.25, 0.3) is 0 Å². The van der Waals surface area contributed by atoms with Crippen LogP contribution in [0.2, 0.25) is 0 Å². The molecule has 0 aliphatic carbocycles. The summed E-state index contributed by atoms with van der Waals surface area (Å²) in [4.78, 5) is 0. The van der Waals surface area contributed by atoms with Gasteiger partial charge in [0.2, 0.25) is 0 Å². The summed E-state index contributed by atoms with van der Waals surface area (Å²) in [7, 11) is 0. The molecule has 0 rings (SSSR count). The van der Waals surface area contributed by atoms with Gasteiger partial charge in [0, 0.05) is 0 Å². The fourth-order valence-electron chi connectivity index (χ4n) is 1.25. The van der Waals surface area contributed by atoms with E-state index in [1.807, 2.05) is 0 Å². The van der Waals surface area contributed by atoms with Gasteiger partial charge in [-0.1, -0.05) is 45.8 Å². The van der Waals surface area contributed by atoms with Crippen LogP contribution in [0.4, 0.5) is 0 Å². The highest BCUT2D eigenvalue weighted by Gasteiger charge is 1.97. The molecule has 0 radical (unpaired) electrons. The van der Waals surface area contributed by atoms with E-state index in [9.17, 15) is 0 Å². The summed E-state index contributed by atoms with van der Waals surface area (Å²) in [6.07, 6.45) is 8.89. The van der Waals surface area contributed by atoms with E-state index in [1.165, 1.54) is 32.1 Å². The number of rotatable bonds is 6. The van der Waals surface area contributed by atoms with Gasteiger partial charge >= 0.3 is 0 Å². The zero-order valence-corrected chi connectivity index (χ0v) is 9.19. The van der Waals surface area contributed by atoms with Crippen LogP contribution in [0.5, 0.6) is 0 Å². The van der Waals surface area contributed by atoms with Crippen molar-refractivity contribution in [2.75, 3.05) is 0 Å². The minimum Gasteiger partial charge on any atom is -0.0854 e. The third-order valence-corrected chi connectivity index (χ3v) is 2.22. The molecule has 0 spiro atoms. The molecule has 0 heterocycles. The average molecular weight is 168 g/mol. The minimum absolute atomic E-state index is 0.849. The molecular formula is C12H24. The van der Waals surface area contributed by atoms with E-state index >= 15 is 0 Å². The molecule has 0 unspecified atom stereocenters. The molecule has 0 saturated carbocycles.